The van der Waals surface area contributed by atoms with Crippen molar-refractivity contribution in [3.8, 4) is 0 Å². The van der Waals surface area contributed by atoms with E-state index >= 15 is 0 Å². The van der Waals surface area contributed by atoms with Gasteiger partial charge >= 0.3 is 12.0 Å². The van der Waals surface area contributed by atoms with Crippen molar-refractivity contribution >= 4 is 17.7 Å². The molecule has 1 saturated carbocycles. The number of urea groups is 1. The lowest BCUT2D eigenvalue weighted by Crippen LogP contribution is -2.42. The Labute approximate surface area is 125 Å². The third-order valence-electron chi connectivity index (χ3n) is 3.98. The maximum Gasteiger partial charge on any atom is 0.319 e. The standard InChI is InChI=1S/C16H22N2O3/c1-3-11-7-4-5-9-13(11)17-16(20)18-14-10-6-8-12(14)15(19)21-2/h4-5,7,9,12,14H,3,6,8,10H2,1-2H3,(H2,17,18,20)/t12-,14+/m1/s1. The van der Waals surface area contributed by atoms with Gasteiger partial charge in [-0.25, -0.2) is 4.79 Å². The summed E-state index contributed by atoms with van der Waals surface area (Å²) < 4.78 is 4.79. The monoisotopic (exact) mass is 290 g/mol. The third kappa shape index (κ3) is 3.74. The summed E-state index contributed by atoms with van der Waals surface area (Å²) in [4.78, 5) is 23.8. The van der Waals surface area contributed by atoms with Crippen molar-refractivity contribution in [3.63, 3.8) is 0 Å². The average Bonchev–Trinajstić information content (AvgIpc) is 2.95. The molecule has 5 heteroatoms. The zero-order valence-corrected chi connectivity index (χ0v) is 12.5. The van der Waals surface area contributed by atoms with Crippen LogP contribution in [0.3, 0.4) is 0 Å². The first-order valence-corrected chi connectivity index (χ1v) is 7.39. The molecule has 0 spiro atoms. The molecule has 1 aliphatic rings. The van der Waals surface area contributed by atoms with Gasteiger partial charge in [-0.2, -0.15) is 0 Å². The lowest BCUT2D eigenvalue weighted by Gasteiger charge is -2.19. The van der Waals surface area contributed by atoms with E-state index in [1.54, 1.807) is 0 Å². The minimum atomic E-state index is -0.267. The van der Waals surface area contributed by atoms with Gasteiger partial charge in [0.2, 0.25) is 0 Å². The number of carbonyl (C=O) groups excluding carboxylic acids is 2. The van der Waals surface area contributed by atoms with Crippen LogP contribution in [0.5, 0.6) is 0 Å². The van der Waals surface area contributed by atoms with Gasteiger partial charge < -0.3 is 15.4 Å². The Morgan fingerprint density at radius 1 is 1.29 bits per heavy atom. The molecule has 0 saturated heterocycles. The molecule has 0 bridgehead atoms. The summed E-state index contributed by atoms with van der Waals surface area (Å²) in [5.41, 5.74) is 1.90. The van der Waals surface area contributed by atoms with Crippen LogP contribution in [0.25, 0.3) is 0 Å². The Morgan fingerprint density at radius 2 is 2.05 bits per heavy atom. The van der Waals surface area contributed by atoms with Gasteiger partial charge in [-0.15, -0.1) is 0 Å². The highest BCUT2D eigenvalue weighted by molar-refractivity contribution is 5.90. The van der Waals surface area contributed by atoms with Gasteiger partial charge in [-0.05, 0) is 30.9 Å². The van der Waals surface area contributed by atoms with E-state index in [9.17, 15) is 9.59 Å². The predicted molar refractivity (Wildman–Crippen MR) is 81.1 cm³/mol. The molecule has 2 N–H and O–H groups in total. The average molecular weight is 290 g/mol. The molecule has 0 radical (unpaired) electrons. The topological polar surface area (TPSA) is 67.4 Å². The van der Waals surface area contributed by atoms with Crippen molar-refractivity contribution in [3.05, 3.63) is 29.8 Å². The van der Waals surface area contributed by atoms with E-state index in [4.69, 9.17) is 4.74 Å². The molecular weight excluding hydrogens is 268 g/mol. The second-order valence-corrected chi connectivity index (χ2v) is 5.28. The fraction of sp³-hybridized carbons (Fsp3) is 0.500. The summed E-state index contributed by atoms with van der Waals surface area (Å²) in [5, 5.41) is 5.76. The largest absolute Gasteiger partial charge is 0.469 e. The van der Waals surface area contributed by atoms with E-state index in [1.807, 2.05) is 31.2 Å². The number of nitrogens with one attached hydrogen (secondary N) is 2. The Morgan fingerprint density at radius 3 is 2.76 bits per heavy atom. The van der Waals surface area contributed by atoms with Gasteiger partial charge in [-0.3, -0.25) is 4.79 Å². The van der Waals surface area contributed by atoms with Crippen LogP contribution >= 0.6 is 0 Å². The number of hydrogen-bond acceptors (Lipinski definition) is 3. The highest BCUT2D eigenvalue weighted by Gasteiger charge is 2.34. The first-order chi connectivity index (χ1) is 10.2. The van der Waals surface area contributed by atoms with E-state index in [1.165, 1.54) is 7.11 Å². The molecule has 2 amide bonds. The van der Waals surface area contributed by atoms with E-state index in [2.05, 4.69) is 10.6 Å². The number of amides is 2. The van der Waals surface area contributed by atoms with Crippen LogP contribution < -0.4 is 10.6 Å². The number of hydrogen-bond donors (Lipinski definition) is 2. The van der Waals surface area contributed by atoms with Crippen LogP contribution in [0, 0.1) is 5.92 Å². The minimum Gasteiger partial charge on any atom is -0.469 e. The Kier molecular flexibility index (Phi) is 5.20. The van der Waals surface area contributed by atoms with Crippen LogP contribution in [-0.4, -0.2) is 25.2 Å². The summed E-state index contributed by atoms with van der Waals surface area (Å²) in [6, 6.07) is 7.30. The van der Waals surface area contributed by atoms with Gasteiger partial charge in [0.15, 0.2) is 0 Å². The first kappa shape index (κ1) is 15.4. The number of carbonyl (C=O) groups is 2. The molecule has 2 rings (SSSR count). The zero-order chi connectivity index (χ0) is 15.2. The van der Waals surface area contributed by atoms with Crippen molar-refractivity contribution in [1.29, 1.82) is 0 Å². The van der Waals surface area contributed by atoms with Crippen LogP contribution in [0.1, 0.15) is 31.7 Å². The number of methoxy groups -OCH3 is 1. The minimum absolute atomic E-state index is 0.147. The summed E-state index contributed by atoms with van der Waals surface area (Å²) >= 11 is 0. The normalized spacial score (nSPS) is 20.9. The predicted octanol–water partition coefficient (Wildman–Crippen LogP) is 2.71. The molecule has 1 aromatic rings. The SMILES string of the molecule is CCc1ccccc1NC(=O)N[C@H]1CCC[C@H]1C(=O)OC. The second-order valence-electron chi connectivity index (χ2n) is 5.28. The second kappa shape index (κ2) is 7.11. The molecule has 1 fully saturated rings. The maximum atomic E-state index is 12.1. The maximum absolute atomic E-state index is 12.1. The molecule has 0 aromatic heterocycles. The summed E-state index contributed by atoms with van der Waals surface area (Å²) in [5.74, 6) is -0.478. The summed E-state index contributed by atoms with van der Waals surface area (Å²) in [7, 11) is 1.38. The number of ether oxygens (including phenoxy) is 1. The quantitative estimate of drug-likeness (QED) is 0.838. The third-order valence-corrected chi connectivity index (χ3v) is 3.98. The molecule has 2 atom stereocenters. The Bertz CT molecular complexity index is 516. The van der Waals surface area contributed by atoms with Crippen LogP contribution in [0.15, 0.2) is 24.3 Å². The van der Waals surface area contributed by atoms with E-state index in [-0.39, 0.29) is 24.0 Å². The molecule has 114 valence electrons. The van der Waals surface area contributed by atoms with Crippen LogP contribution in [0.2, 0.25) is 0 Å². The zero-order valence-electron chi connectivity index (χ0n) is 12.5. The summed E-state index contributed by atoms with van der Waals surface area (Å²) in [6.07, 6.45) is 3.35. The molecule has 5 nitrogen and oxygen atoms in total. The van der Waals surface area contributed by atoms with Crippen LogP contribution in [-0.2, 0) is 16.0 Å². The molecular formula is C16H22N2O3. The Hall–Kier alpha value is -2.04. The molecule has 1 aromatic carbocycles. The summed E-state index contributed by atoms with van der Waals surface area (Å²) in [6.45, 7) is 2.04. The highest BCUT2D eigenvalue weighted by atomic mass is 16.5. The lowest BCUT2D eigenvalue weighted by atomic mass is 10.0. The highest BCUT2D eigenvalue weighted by Crippen LogP contribution is 2.27. The fourth-order valence-corrected chi connectivity index (χ4v) is 2.84. The van der Waals surface area contributed by atoms with Crippen molar-refractivity contribution < 1.29 is 14.3 Å². The van der Waals surface area contributed by atoms with Gasteiger partial charge in [0, 0.05) is 11.7 Å². The number of rotatable bonds is 4. The number of benzene rings is 1. The Balaban J connectivity index is 1.97. The van der Waals surface area contributed by atoms with E-state index in [0.29, 0.717) is 0 Å². The lowest BCUT2D eigenvalue weighted by molar-refractivity contribution is -0.145. The van der Waals surface area contributed by atoms with E-state index < -0.39 is 0 Å². The van der Waals surface area contributed by atoms with Gasteiger partial charge in [0.05, 0.1) is 13.0 Å². The number of esters is 1. The van der Waals surface area contributed by atoms with Crippen LogP contribution in [0.4, 0.5) is 10.5 Å². The molecule has 21 heavy (non-hydrogen) atoms. The fourth-order valence-electron chi connectivity index (χ4n) is 2.84. The van der Waals surface area contributed by atoms with E-state index in [0.717, 1.165) is 36.9 Å². The van der Waals surface area contributed by atoms with Gasteiger partial charge in [0.25, 0.3) is 0 Å². The van der Waals surface area contributed by atoms with Gasteiger partial charge in [0.1, 0.15) is 0 Å². The first-order valence-electron chi connectivity index (χ1n) is 7.39. The molecule has 1 aliphatic carbocycles. The smallest absolute Gasteiger partial charge is 0.319 e. The molecule has 0 unspecified atom stereocenters. The number of para-hydroxylation sites is 1. The van der Waals surface area contributed by atoms with Crippen molar-refractivity contribution in [2.24, 2.45) is 5.92 Å². The molecule has 0 heterocycles. The van der Waals surface area contributed by atoms with Crippen molar-refractivity contribution in [1.82, 2.24) is 5.32 Å². The van der Waals surface area contributed by atoms with Crippen molar-refractivity contribution in [2.45, 2.75) is 38.6 Å². The molecule has 0 aliphatic heterocycles. The van der Waals surface area contributed by atoms with Gasteiger partial charge in [-0.1, -0.05) is 31.5 Å². The number of aryl methyl sites for hydroxylation is 1. The van der Waals surface area contributed by atoms with Crippen molar-refractivity contribution in [2.75, 3.05) is 12.4 Å². The number of anilines is 1.